The number of halogens is 1. The van der Waals surface area contributed by atoms with Gasteiger partial charge in [0.1, 0.15) is 10.8 Å². The van der Waals surface area contributed by atoms with E-state index in [-0.39, 0.29) is 11.9 Å². The van der Waals surface area contributed by atoms with E-state index in [1.165, 1.54) is 6.07 Å². The standard InChI is InChI=1S/C16H19FN2S/c1-3-9-18-12(2)14-11-13(17)7-8-15(14)20-16-6-4-5-10-19-16/h4-8,10-12,18H,3,9H2,1-2H3. The smallest absolute Gasteiger partial charge is 0.123 e. The van der Waals surface area contributed by atoms with Crippen LogP contribution >= 0.6 is 11.8 Å². The Hall–Kier alpha value is -1.39. The zero-order valence-electron chi connectivity index (χ0n) is 11.8. The van der Waals surface area contributed by atoms with E-state index in [9.17, 15) is 4.39 Å². The van der Waals surface area contributed by atoms with E-state index in [1.807, 2.05) is 24.3 Å². The van der Waals surface area contributed by atoms with Gasteiger partial charge in [-0.05, 0) is 55.8 Å². The molecular formula is C16H19FN2S. The molecule has 0 bridgehead atoms. The quantitative estimate of drug-likeness (QED) is 0.851. The lowest BCUT2D eigenvalue weighted by molar-refractivity contribution is 0.554. The van der Waals surface area contributed by atoms with Crippen LogP contribution < -0.4 is 5.32 Å². The monoisotopic (exact) mass is 290 g/mol. The first-order chi connectivity index (χ1) is 9.70. The summed E-state index contributed by atoms with van der Waals surface area (Å²) < 4.78 is 13.5. The maximum atomic E-state index is 13.5. The Morgan fingerprint density at radius 2 is 2.15 bits per heavy atom. The second-order valence-corrected chi connectivity index (χ2v) is 5.69. The van der Waals surface area contributed by atoms with Crippen molar-refractivity contribution >= 4 is 11.8 Å². The van der Waals surface area contributed by atoms with Crippen molar-refractivity contribution in [1.29, 1.82) is 0 Å². The van der Waals surface area contributed by atoms with Crippen LogP contribution in [-0.2, 0) is 0 Å². The van der Waals surface area contributed by atoms with Gasteiger partial charge >= 0.3 is 0 Å². The minimum atomic E-state index is -0.199. The Morgan fingerprint density at radius 1 is 1.30 bits per heavy atom. The molecule has 20 heavy (non-hydrogen) atoms. The molecule has 0 fully saturated rings. The lowest BCUT2D eigenvalue weighted by atomic mass is 10.1. The van der Waals surface area contributed by atoms with Gasteiger partial charge in [0.15, 0.2) is 0 Å². The highest BCUT2D eigenvalue weighted by Crippen LogP contribution is 2.32. The number of aromatic nitrogens is 1. The van der Waals surface area contributed by atoms with Gasteiger partial charge in [-0.2, -0.15) is 0 Å². The Labute approximate surface area is 123 Å². The van der Waals surface area contributed by atoms with E-state index < -0.39 is 0 Å². The number of nitrogens with one attached hydrogen (secondary N) is 1. The van der Waals surface area contributed by atoms with Gasteiger partial charge < -0.3 is 5.32 Å². The molecular weight excluding hydrogens is 271 g/mol. The van der Waals surface area contributed by atoms with Gasteiger partial charge in [-0.3, -0.25) is 0 Å². The average Bonchev–Trinajstić information content (AvgIpc) is 2.47. The van der Waals surface area contributed by atoms with Gasteiger partial charge in [0.25, 0.3) is 0 Å². The first kappa shape index (κ1) is 15.0. The topological polar surface area (TPSA) is 24.9 Å². The van der Waals surface area contributed by atoms with E-state index in [4.69, 9.17) is 0 Å². The first-order valence-electron chi connectivity index (χ1n) is 6.82. The molecule has 106 valence electrons. The first-order valence-corrected chi connectivity index (χ1v) is 7.64. The Balaban J connectivity index is 2.23. The number of hydrogen-bond donors (Lipinski definition) is 1. The molecule has 0 amide bonds. The van der Waals surface area contributed by atoms with Crippen molar-refractivity contribution in [2.24, 2.45) is 0 Å². The molecule has 1 N–H and O–H groups in total. The molecule has 1 atom stereocenters. The van der Waals surface area contributed by atoms with Crippen molar-refractivity contribution in [1.82, 2.24) is 10.3 Å². The van der Waals surface area contributed by atoms with Crippen molar-refractivity contribution in [3.05, 3.63) is 54.0 Å². The molecule has 0 radical (unpaired) electrons. The number of benzene rings is 1. The predicted octanol–water partition coefficient (Wildman–Crippen LogP) is 4.43. The van der Waals surface area contributed by atoms with Crippen LogP contribution in [0.5, 0.6) is 0 Å². The van der Waals surface area contributed by atoms with Crippen LogP contribution in [0.1, 0.15) is 31.9 Å². The minimum Gasteiger partial charge on any atom is -0.310 e. The summed E-state index contributed by atoms with van der Waals surface area (Å²) in [6, 6.07) is 10.9. The second kappa shape index (κ2) is 7.41. The summed E-state index contributed by atoms with van der Waals surface area (Å²) in [5.41, 5.74) is 0.981. The summed E-state index contributed by atoms with van der Waals surface area (Å²) in [6.45, 7) is 5.10. The fraction of sp³-hybridized carbons (Fsp3) is 0.312. The maximum Gasteiger partial charge on any atom is 0.123 e. The van der Waals surface area contributed by atoms with Gasteiger partial charge in [-0.15, -0.1) is 0 Å². The van der Waals surface area contributed by atoms with Gasteiger partial charge in [-0.1, -0.05) is 24.8 Å². The molecule has 1 aromatic heterocycles. The Kier molecular flexibility index (Phi) is 5.56. The normalized spacial score (nSPS) is 12.3. The van der Waals surface area contributed by atoms with E-state index in [1.54, 1.807) is 24.0 Å². The van der Waals surface area contributed by atoms with Crippen LogP contribution in [-0.4, -0.2) is 11.5 Å². The van der Waals surface area contributed by atoms with Crippen LogP contribution in [0.3, 0.4) is 0 Å². The third kappa shape index (κ3) is 4.05. The second-order valence-electron chi connectivity index (χ2n) is 4.63. The van der Waals surface area contributed by atoms with Crippen molar-refractivity contribution in [3.8, 4) is 0 Å². The summed E-state index contributed by atoms with van der Waals surface area (Å²) >= 11 is 1.57. The van der Waals surface area contributed by atoms with Crippen molar-refractivity contribution in [2.45, 2.75) is 36.2 Å². The molecule has 4 heteroatoms. The van der Waals surface area contributed by atoms with E-state index in [0.717, 1.165) is 28.5 Å². The molecule has 2 nitrogen and oxygen atoms in total. The van der Waals surface area contributed by atoms with Crippen LogP contribution in [0, 0.1) is 5.82 Å². The molecule has 1 aromatic carbocycles. The molecule has 0 aliphatic carbocycles. The van der Waals surface area contributed by atoms with Crippen LogP contribution in [0.15, 0.2) is 52.5 Å². The van der Waals surface area contributed by atoms with Gasteiger partial charge in [0.2, 0.25) is 0 Å². The maximum absolute atomic E-state index is 13.5. The predicted molar refractivity (Wildman–Crippen MR) is 81.5 cm³/mol. The summed E-state index contributed by atoms with van der Waals surface area (Å²) in [4.78, 5) is 5.35. The highest BCUT2D eigenvalue weighted by atomic mass is 32.2. The number of rotatable bonds is 6. The molecule has 0 saturated carbocycles. The summed E-state index contributed by atoms with van der Waals surface area (Å²) in [5, 5.41) is 4.32. The third-order valence-corrected chi connectivity index (χ3v) is 4.03. The van der Waals surface area contributed by atoms with E-state index in [2.05, 4.69) is 24.1 Å². The van der Waals surface area contributed by atoms with Crippen molar-refractivity contribution < 1.29 is 4.39 Å². The molecule has 1 heterocycles. The van der Waals surface area contributed by atoms with E-state index in [0.29, 0.717) is 0 Å². The fourth-order valence-corrected chi connectivity index (χ4v) is 2.92. The van der Waals surface area contributed by atoms with Crippen molar-refractivity contribution in [3.63, 3.8) is 0 Å². The number of pyridine rings is 1. The van der Waals surface area contributed by atoms with Gasteiger partial charge in [-0.25, -0.2) is 9.37 Å². The van der Waals surface area contributed by atoms with Crippen molar-refractivity contribution in [2.75, 3.05) is 6.54 Å². The zero-order chi connectivity index (χ0) is 14.4. The molecule has 0 aliphatic rings. The number of hydrogen-bond acceptors (Lipinski definition) is 3. The van der Waals surface area contributed by atoms with Gasteiger partial charge in [0, 0.05) is 17.1 Å². The SMILES string of the molecule is CCCNC(C)c1cc(F)ccc1Sc1ccccn1. The van der Waals surface area contributed by atoms with E-state index >= 15 is 0 Å². The summed E-state index contributed by atoms with van der Waals surface area (Å²) in [7, 11) is 0. The van der Waals surface area contributed by atoms with Crippen LogP contribution in [0.4, 0.5) is 4.39 Å². The molecule has 0 aliphatic heterocycles. The van der Waals surface area contributed by atoms with Crippen LogP contribution in [0.2, 0.25) is 0 Å². The molecule has 2 rings (SSSR count). The third-order valence-electron chi connectivity index (χ3n) is 2.99. The highest BCUT2D eigenvalue weighted by Gasteiger charge is 2.12. The number of nitrogens with zero attached hydrogens (tertiary/aromatic N) is 1. The Morgan fingerprint density at radius 3 is 2.85 bits per heavy atom. The zero-order valence-corrected chi connectivity index (χ0v) is 12.6. The largest absolute Gasteiger partial charge is 0.310 e. The molecule has 2 aromatic rings. The van der Waals surface area contributed by atoms with Gasteiger partial charge in [0.05, 0.1) is 0 Å². The summed E-state index contributed by atoms with van der Waals surface area (Å²) in [6.07, 6.45) is 2.83. The lowest BCUT2D eigenvalue weighted by Gasteiger charge is -2.17. The Bertz CT molecular complexity index is 545. The average molecular weight is 290 g/mol. The van der Waals surface area contributed by atoms with Crippen LogP contribution in [0.25, 0.3) is 0 Å². The summed E-state index contributed by atoms with van der Waals surface area (Å²) in [5.74, 6) is -0.199. The molecule has 0 saturated heterocycles. The molecule has 0 spiro atoms. The fourth-order valence-electron chi connectivity index (χ4n) is 1.94. The minimum absolute atomic E-state index is 0.122. The lowest BCUT2D eigenvalue weighted by Crippen LogP contribution is -2.20. The highest BCUT2D eigenvalue weighted by molar-refractivity contribution is 7.99. The molecule has 1 unspecified atom stereocenters.